The highest BCUT2D eigenvalue weighted by atomic mass is 35.5. The summed E-state index contributed by atoms with van der Waals surface area (Å²) in [5.74, 6) is 0.811. The van der Waals surface area contributed by atoms with Crippen molar-refractivity contribution in [2.24, 2.45) is 0 Å². The van der Waals surface area contributed by atoms with Crippen molar-refractivity contribution in [1.29, 1.82) is 0 Å². The highest BCUT2D eigenvalue weighted by Crippen LogP contribution is 2.22. The van der Waals surface area contributed by atoms with Gasteiger partial charge in [0.2, 0.25) is 5.28 Å². The van der Waals surface area contributed by atoms with Crippen LogP contribution in [-0.4, -0.2) is 25.3 Å². The second-order valence-corrected chi connectivity index (χ2v) is 4.29. The van der Waals surface area contributed by atoms with E-state index < -0.39 is 0 Å². The van der Waals surface area contributed by atoms with Gasteiger partial charge in [-0.15, -0.1) is 0 Å². The van der Waals surface area contributed by atoms with Gasteiger partial charge in [0.05, 0.1) is 11.6 Å². The van der Waals surface area contributed by atoms with Crippen LogP contribution in [0.1, 0.15) is 5.56 Å². The molecule has 0 amide bonds. The van der Waals surface area contributed by atoms with Gasteiger partial charge in [-0.3, -0.25) is 5.10 Å². The van der Waals surface area contributed by atoms with Crippen LogP contribution in [0.25, 0.3) is 11.0 Å². The molecular weight excluding hydrogens is 266 g/mol. The molecule has 6 nitrogen and oxygen atoms in total. The maximum atomic E-state index is 9.70. The highest BCUT2D eigenvalue weighted by molar-refractivity contribution is 6.28. The molecule has 0 radical (unpaired) electrons. The highest BCUT2D eigenvalue weighted by Gasteiger charge is 2.08. The molecule has 0 saturated heterocycles. The smallest absolute Gasteiger partial charge is 0.226 e. The van der Waals surface area contributed by atoms with Gasteiger partial charge in [0.1, 0.15) is 11.6 Å². The van der Waals surface area contributed by atoms with Gasteiger partial charge in [-0.25, -0.2) is 0 Å². The number of para-hydroxylation sites is 1. The SMILES string of the molecule is Oc1ccccc1CNc1nc(Cl)nc2[nH]ncc12. The summed E-state index contributed by atoms with van der Waals surface area (Å²) in [5, 5.41) is 20.3. The summed E-state index contributed by atoms with van der Waals surface area (Å²) >= 11 is 5.83. The number of benzene rings is 1. The topological polar surface area (TPSA) is 86.7 Å². The van der Waals surface area contributed by atoms with E-state index >= 15 is 0 Å². The molecule has 19 heavy (non-hydrogen) atoms. The number of aromatic hydroxyl groups is 1. The molecule has 3 aromatic rings. The minimum absolute atomic E-state index is 0.136. The fraction of sp³-hybridized carbons (Fsp3) is 0.0833. The Balaban J connectivity index is 1.90. The van der Waals surface area contributed by atoms with Crippen molar-refractivity contribution in [3.63, 3.8) is 0 Å². The van der Waals surface area contributed by atoms with E-state index in [1.54, 1.807) is 18.3 Å². The molecule has 96 valence electrons. The molecule has 0 atom stereocenters. The molecule has 0 aliphatic heterocycles. The Morgan fingerprint density at radius 2 is 2.11 bits per heavy atom. The average Bonchev–Trinajstić information content (AvgIpc) is 2.85. The monoisotopic (exact) mass is 275 g/mol. The zero-order chi connectivity index (χ0) is 13.2. The first-order valence-corrected chi connectivity index (χ1v) is 5.99. The fourth-order valence-corrected chi connectivity index (χ4v) is 1.95. The van der Waals surface area contributed by atoms with Gasteiger partial charge in [0.15, 0.2) is 5.65 Å². The third kappa shape index (κ3) is 2.30. The number of aromatic nitrogens is 4. The van der Waals surface area contributed by atoms with Crippen LogP contribution in [0.15, 0.2) is 30.5 Å². The lowest BCUT2D eigenvalue weighted by atomic mass is 10.2. The average molecular weight is 276 g/mol. The maximum Gasteiger partial charge on any atom is 0.226 e. The zero-order valence-corrected chi connectivity index (χ0v) is 10.5. The standard InChI is InChI=1S/C12H10ClN5O/c13-12-16-10(8-6-15-18-11(8)17-12)14-5-7-3-1-2-4-9(7)19/h1-4,6,19H,5H2,(H2,14,15,16,17,18). The van der Waals surface area contributed by atoms with E-state index in [-0.39, 0.29) is 11.0 Å². The van der Waals surface area contributed by atoms with Crippen molar-refractivity contribution in [1.82, 2.24) is 20.2 Å². The van der Waals surface area contributed by atoms with E-state index in [9.17, 15) is 5.11 Å². The number of phenolic OH excluding ortho intramolecular Hbond substituents is 1. The lowest BCUT2D eigenvalue weighted by molar-refractivity contribution is 0.469. The van der Waals surface area contributed by atoms with Crippen molar-refractivity contribution in [2.75, 3.05) is 5.32 Å². The molecule has 2 aromatic heterocycles. The third-order valence-corrected chi connectivity index (χ3v) is 2.89. The van der Waals surface area contributed by atoms with Crippen LogP contribution in [0.2, 0.25) is 5.28 Å². The Morgan fingerprint density at radius 1 is 1.26 bits per heavy atom. The van der Waals surface area contributed by atoms with E-state index in [1.807, 2.05) is 12.1 Å². The molecule has 0 unspecified atom stereocenters. The van der Waals surface area contributed by atoms with Gasteiger partial charge in [0, 0.05) is 12.1 Å². The second kappa shape index (κ2) is 4.74. The molecule has 2 heterocycles. The van der Waals surface area contributed by atoms with E-state index in [1.165, 1.54) is 0 Å². The number of fused-ring (bicyclic) bond motifs is 1. The third-order valence-electron chi connectivity index (χ3n) is 2.72. The van der Waals surface area contributed by atoms with Crippen molar-refractivity contribution in [3.8, 4) is 5.75 Å². The van der Waals surface area contributed by atoms with Crippen molar-refractivity contribution in [2.45, 2.75) is 6.54 Å². The first-order chi connectivity index (χ1) is 9.24. The Kier molecular flexibility index (Phi) is 2.92. The molecule has 7 heteroatoms. The summed E-state index contributed by atoms with van der Waals surface area (Å²) in [6.07, 6.45) is 1.62. The molecular formula is C12H10ClN5O. The van der Waals surface area contributed by atoms with Crippen LogP contribution in [0.3, 0.4) is 0 Å². The molecule has 0 fully saturated rings. The Hall–Kier alpha value is -2.34. The van der Waals surface area contributed by atoms with Gasteiger partial charge in [-0.05, 0) is 17.7 Å². The summed E-state index contributed by atoms with van der Waals surface area (Å²) in [7, 11) is 0. The lowest BCUT2D eigenvalue weighted by Gasteiger charge is -2.08. The van der Waals surface area contributed by atoms with Crippen LogP contribution in [0.5, 0.6) is 5.75 Å². The molecule has 3 N–H and O–H groups in total. The predicted molar refractivity (Wildman–Crippen MR) is 72.1 cm³/mol. The van der Waals surface area contributed by atoms with Crippen LogP contribution in [0.4, 0.5) is 5.82 Å². The molecule has 3 rings (SSSR count). The molecule has 1 aromatic carbocycles. The van der Waals surface area contributed by atoms with Crippen LogP contribution in [-0.2, 0) is 6.54 Å². The summed E-state index contributed by atoms with van der Waals surface area (Å²) in [6, 6.07) is 7.10. The normalized spacial score (nSPS) is 10.8. The molecule has 0 aliphatic carbocycles. The number of hydrogen-bond acceptors (Lipinski definition) is 5. The lowest BCUT2D eigenvalue weighted by Crippen LogP contribution is -2.03. The Morgan fingerprint density at radius 3 is 2.95 bits per heavy atom. The number of halogens is 1. The van der Waals surface area contributed by atoms with Crippen LogP contribution >= 0.6 is 11.6 Å². The molecule has 0 bridgehead atoms. The maximum absolute atomic E-state index is 9.70. The first kappa shape index (κ1) is 11.7. The first-order valence-electron chi connectivity index (χ1n) is 5.61. The number of aromatic amines is 1. The van der Waals surface area contributed by atoms with Gasteiger partial charge in [0.25, 0.3) is 0 Å². The second-order valence-electron chi connectivity index (χ2n) is 3.96. The van der Waals surface area contributed by atoms with E-state index in [0.717, 1.165) is 10.9 Å². The number of nitrogens with one attached hydrogen (secondary N) is 2. The number of H-pyrrole nitrogens is 1. The van der Waals surface area contributed by atoms with Crippen molar-refractivity contribution in [3.05, 3.63) is 41.3 Å². The number of phenols is 1. The van der Waals surface area contributed by atoms with Gasteiger partial charge in [-0.1, -0.05) is 18.2 Å². The minimum Gasteiger partial charge on any atom is -0.508 e. The molecule has 0 saturated carbocycles. The van der Waals surface area contributed by atoms with E-state index in [4.69, 9.17) is 11.6 Å². The number of nitrogens with zero attached hydrogens (tertiary/aromatic N) is 3. The minimum atomic E-state index is 0.136. The number of rotatable bonds is 3. The summed E-state index contributed by atoms with van der Waals surface area (Å²) < 4.78 is 0. The van der Waals surface area contributed by atoms with Gasteiger partial charge < -0.3 is 10.4 Å². The fourth-order valence-electron chi connectivity index (χ4n) is 1.78. The molecule has 0 aliphatic rings. The van der Waals surface area contributed by atoms with Crippen LogP contribution in [0, 0.1) is 0 Å². The van der Waals surface area contributed by atoms with E-state index in [0.29, 0.717) is 18.0 Å². The van der Waals surface area contributed by atoms with E-state index in [2.05, 4.69) is 25.5 Å². The van der Waals surface area contributed by atoms with Crippen LogP contribution < -0.4 is 5.32 Å². The summed E-state index contributed by atoms with van der Waals surface area (Å²) in [4.78, 5) is 8.14. The van der Waals surface area contributed by atoms with Crippen molar-refractivity contribution < 1.29 is 5.11 Å². The van der Waals surface area contributed by atoms with Gasteiger partial charge in [-0.2, -0.15) is 15.1 Å². The number of hydrogen-bond donors (Lipinski definition) is 3. The molecule has 0 spiro atoms. The van der Waals surface area contributed by atoms with Crippen molar-refractivity contribution >= 4 is 28.5 Å². The Bertz CT molecular complexity index is 727. The summed E-state index contributed by atoms with van der Waals surface area (Å²) in [5.41, 5.74) is 1.34. The largest absolute Gasteiger partial charge is 0.508 e. The zero-order valence-electron chi connectivity index (χ0n) is 9.76. The predicted octanol–water partition coefficient (Wildman–Crippen LogP) is 2.32. The summed E-state index contributed by atoms with van der Waals surface area (Å²) in [6.45, 7) is 0.431. The number of anilines is 1. The van der Waals surface area contributed by atoms with Gasteiger partial charge >= 0.3 is 0 Å². The quantitative estimate of drug-likeness (QED) is 0.639. The Labute approximate surface area is 113 Å².